The van der Waals surface area contributed by atoms with Crippen LogP contribution in [0.3, 0.4) is 0 Å². The van der Waals surface area contributed by atoms with Gasteiger partial charge in [-0.2, -0.15) is 0 Å². The minimum absolute atomic E-state index is 0. The molecule has 0 N–H and O–H groups in total. The minimum atomic E-state index is -4.41. The summed E-state index contributed by atoms with van der Waals surface area (Å²) in [6, 6.07) is 4.25. The van der Waals surface area contributed by atoms with Gasteiger partial charge >= 0.3 is 51.4 Å². The predicted octanol–water partition coefficient (Wildman–Crippen LogP) is -1.12. The van der Waals surface area contributed by atoms with E-state index in [1.54, 1.807) is 6.07 Å². The predicted molar refractivity (Wildman–Crippen MR) is 54.6 cm³/mol. The molecule has 0 atom stereocenters. The van der Waals surface area contributed by atoms with E-state index in [-0.39, 0.29) is 56.3 Å². The van der Waals surface area contributed by atoms with E-state index >= 15 is 0 Å². The quantitative estimate of drug-likeness (QED) is 0.503. The number of benzene rings is 1. The number of rotatable bonds is 3. The summed E-state index contributed by atoms with van der Waals surface area (Å²) in [5, 5.41) is 0. The monoisotopic (exact) mass is 248 g/mol. The van der Waals surface area contributed by atoms with E-state index in [4.69, 9.17) is 0 Å². The molecule has 1 aromatic carbocycles. The summed E-state index contributed by atoms with van der Waals surface area (Å²) in [6.07, 6.45) is 2.95. The van der Waals surface area contributed by atoms with Crippen molar-refractivity contribution in [3.63, 3.8) is 0 Å². The summed E-state index contributed by atoms with van der Waals surface area (Å²) in [5.41, 5.74) is 1.16. The first-order chi connectivity index (χ1) is 6.47. The van der Waals surface area contributed by atoms with E-state index in [1.165, 1.54) is 24.3 Å². The van der Waals surface area contributed by atoms with Crippen molar-refractivity contribution in [2.45, 2.75) is 4.90 Å². The van der Waals surface area contributed by atoms with Gasteiger partial charge in [0.15, 0.2) is 0 Å². The molecular formula is C10H9KO3S. The van der Waals surface area contributed by atoms with E-state index in [1.807, 2.05) is 0 Å². The number of hydrogen-bond acceptors (Lipinski definition) is 3. The van der Waals surface area contributed by atoms with Crippen LogP contribution in [0.2, 0.25) is 0 Å². The van der Waals surface area contributed by atoms with E-state index < -0.39 is 10.1 Å². The van der Waals surface area contributed by atoms with Crippen LogP contribution in [0.1, 0.15) is 11.1 Å². The van der Waals surface area contributed by atoms with Crippen LogP contribution in [-0.2, 0) is 10.1 Å². The Hall–Kier alpha value is 0.246. The molecule has 0 spiro atoms. The Kier molecular flexibility index (Phi) is 6.20. The zero-order valence-corrected chi connectivity index (χ0v) is 12.4. The van der Waals surface area contributed by atoms with E-state index in [2.05, 4.69) is 13.2 Å². The zero-order chi connectivity index (χ0) is 10.8. The summed E-state index contributed by atoms with van der Waals surface area (Å²) in [5.74, 6) is 0. The molecule has 0 saturated carbocycles. The molecule has 0 fully saturated rings. The van der Waals surface area contributed by atoms with Crippen molar-refractivity contribution in [2.24, 2.45) is 0 Å². The molecule has 0 radical (unpaired) electrons. The van der Waals surface area contributed by atoms with E-state index in [9.17, 15) is 13.0 Å². The molecule has 0 bridgehead atoms. The topological polar surface area (TPSA) is 57.2 Å². The largest absolute Gasteiger partial charge is 1.00 e. The summed E-state index contributed by atoms with van der Waals surface area (Å²) in [4.78, 5) is -0.259. The third kappa shape index (κ3) is 4.32. The van der Waals surface area contributed by atoms with Crippen LogP contribution in [-0.4, -0.2) is 13.0 Å². The Morgan fingerprint density at radius 1 is 1.07 bits per heavy atom. The van der Waals surface area contributed by atoms with Gasteiger partial charge in [-0.1, -0.05) is 25.3 Å². The van der Waals surface area contributed by atoms with Crippen molar-refractivity contribution < 1.29 is 64.4 Å². The maximum absolute atomic E-state index is 10.7. The van der Waals surface area contributed by atoms with Crippen molar-refractivity contribution in [3.8, 4) is 0 Å². The van der Waals surface area contributed by atoms with E-state index in [0.717, 1.165) is 0 Å². The molecule has 0 aromatic heterocycles. The second-order valence-electron chi connectivity index (χ2n) is 2.70. The van der Waals surface area contributed by atoms with Crippen molar-refractivity contribution in [3.05, 3.63) is 42.5 Å². The second-order valence-corrected chi connectivity index (χ2v) is 4.08. The molecule has 1 aromatic rings. The van der Waals surface area contributed by atoms with Crippen molar-refractivity contribution >= 4 is 22.3 Å². The molecular weight excluding hydrogens is 239 g/mol. The molecule has 74 valence electrons. The van der Waals surface area contributed by atoms with Crippen LogP contribution >= 0.6 is 0 Å². The Bertz CT molecular complexity index is 451. The molecule has 0 aliphatic carbocycles. The van der Waals surface area contributed by atoms with Gasteiger partial charge < -0.3 is 4.55 Å². The fourth-order valence-corrected chi connectivity index (χ4v) is 1.59. The zero-order valence-electron chi connectivity index (χ0n) is 8.43. The van der Waals surface area contributed by atoms with Crippen LogP contribution in [0.15, 0.2) is 36.3 Å². The Labute approximate surface area is 132 Å². The van der Waals surface area contributed by atoms with Gasteiger partial charge in [-0.25, -0.2) is 8.42 Å². The maximum Gasteiger partial charge on any atom is 1.00 e. The van der Waals surface area contributed by atoms with Crippen LogP contribution < -0.4 is 51.4 Å². The van der Waals surface area contributed by atoms with Gasteiger partial charge in [-0.3, -0.25) is 0 Å². The first-order valence-corrected chi connectivity index (χ1v) is 5.24. The Morgan fingerprint density at radius 3 is 1.73 bits per heavy atom. The van der Waals surface area contributed by atoms with Gasteiger partial charge in [-0.15, -0.1) is 0 Å². The molecule has 0 aliphatic heterocycles. The average molecular weight is 248 g/mol. The normalized spacial score (nSPS) is 10.2. The van der Waals surface area contributed by atoms with Gasteiger partial charge in [0.1, 0.15) is 10.1 Å². The summed E-state index contributed by atoms with van der Waals surface area (Å²) < 4.78 is 32.2. The van der Waals surface area contributed by atoms with Crippen LogP contribution in [0.4, 0.5) is 0 Å². The third-order valence-corrected chi connectivity index (χ3v) is 2.52. The first kappa shape index (κ1) is 15.2. The molecule has 0 saturated heterocycles. The first-order valence-electron chi connectivity index (χ1n) is 3.83. The molecule has 0 unspecified atom stereocenters. The molecule has 0 heterocycles. The van der Waals surface area contributed by atoms with Gasteiger partial charge in [0.2, 0.25) is 0 Å². The van der Waals surface area contributed by atoms with Gasteiger partial charge in [0.05, 0.1) is 4.90 Å². The Balaban J connectivity index is 0.00000196. The van der Waals surface area contributed by atoms with E-state index in [0.29, 0.717) is 11.1 Å². The molecule has 0 amide bonds. The molecule has 1 rings (SSSR count). The van der Waals surface area contributed by atoms with Gasteiger partial charge in [0, 0.05) is 0 Å². The summed E-state index contributed by atoms with van der Waals surface area (Å²) >= 11 is 0. The van der Waals surface area contributed by atoms with Crippen molar-refractivity contribution in [1.29, 1.82) is 0 Å². The number of hydrogen-bond donors (Lipinski definition) is 0. The van der Waals surface area contributed by atoms with Gasteiger partial charge in [-0.05, 0) is 29.3 Å². The standard InChI is InChI=1S/C10H10O3S.K/c1-3-8-5-9(4-2)7-10(6-8)14(11,12)13;/h3-7H,1-2H2,(H,11,12,13);/q;+1/p-1. The smallest absolute Gasteiger partial charge is 0.744 e. The van der Waals surface area contributed by atoms with Gasteiger partial charge in [0.25, 0.3) is 0 Å². The fourth-order valence-electron chi connectivity index (χ4n) is 1.03. The van der Waals surface area contributed by atoms with Crippen LogP contribution in [0, 0.1) is 0 Å². The maximum atomic E-state index is 10.7. The average Bonchev–Trinajstić information content (AvgIpc) is 2.15. The summed E-state index contributed by atoms with van der Waals surface area (Å²) in [6.45, 7) is 7.00. The molecule has 5 heteroatoms. The second kappa shape index (κ2) is 6.10. The minimum Gasteiger partial charge on any atom is -0.744 e. The SMILES string of the molecule is C=Cc1cc(C=C)cc(S(=O)(=O)[O-])c1.[K+]. The molecule has 0 aliphatic rings. The third-order valence-electron chi connectivity index (χ3n) is 1.71. The van der Waals surface area contributed by atoms with Crippen molar-refractivity contribution in [1.82, 2.24) is 0 Å². The summed E-state index contributed by atoms with van der Waals surface area (Å²) in [7, 11) is -4.41. The Morgan fingerprint density at radius 2 is 1.47 bits per heavy atom. The molecule has 15 heavy (non-hydrogen) atoms. The molecule has 3 nitrogen and oxygen atoms in total. The van der Waals surface area contributed by atoms with Crippen LogP contribution in [0.25, 0.3) is 12.2 Å². The van der Waals surface area contributed by atoms with Crippen LogP contribution in [0.5, 0.6) is 0 Å². The fraction of sp³-hybridized carbons (Fsp3) is 0. The van der Waals surface area contributed by atoms with Crippen molar-refractivity contribution in [2.75, 3.05) is 0 Å².